The van der Waals surface area contributed by atoms with Gasteiger partial charge in [0, 0.05) is 48.8 Å². The predicted octanol–water partition coefficient (Wildman–Crippen LogP) is 4.84. The first kappa shape index (κ1) is 24.2. The average Bonchev–Trinajstić information content (AvgIpc) is 3.66. The minimum Gasteiger partial charge on any atom is -0.334 e. The molecule has 6 nitrogen and oxygen atoms in total. The van der Waals surface area contributed by atoms with E-state index in [-0.39, 0.29) is 34.9 Å². The Balaban J connectivity index is 1.24. The predicted molar refractivity (Wildman–Crippen MR) is 144 cm³/mol. The molecule has 3 aliphatic rings. The highest BCUT2D eigenvalue weighted by atomic mass is 19.1. The van der Waals surface area contributed by atoms with Crippen LogP contribution in [0, 0.1) is 17.7 Å². The number of carbonyl (C=O) groups excluding carboxylic acids is 2. The van der Waals surface area contributed by atoms with E-state index < -0.39 is 5.56 Å². The Kier molecular flexibility index (Phi) is 6.14. The van der Waals surface area contributed by atoms with E-state index in [4.69, 9.17) is 4.98 Å². The SMILES string of the molecule is CC1CN(C(=O)c2ccc(-c3ccc(F)cc3)[nH]c2=O)CC=C1c1cc(CC(=O)C2CC2)nc2c1C=CC2. The van der Waals surface area contributed by atoms with Crippen LogP contribution in [-0.4, -0.2) is 39.6 Å². The number of hydrogen-bond acceptors (Lipinski definition) is 4. The van der Waals surface area contributed by atoms with Crippen LogP contribution in [0.4, 0.5) is 4.39 Å². The lowest BCUT2D eigenvalue weighted by Gasteiger charge is -2.32. The van der Waals surface area contributed by atoms with Gasteiger partial charge in [-0.25, -0.2) is 4.39 Å². The van der Waals surface area contributed by atoms with Gasteiger partial charge in [-0.3, -0.25) is 19.4 Å². The number of halogens is 1. The third-order valence-corrected chi connectivity index (χ3v) is 7.62. The Morgan fingerprint density at radius 3 is 2.63 bits per heavy atom. The molecule has 3 heterocycles. The number of aromatic amines is 1. The van der Waals surface area contributed by atoms with Gasteiger partial charge in [0.05, 0.1) is 5.69 Å². The Morgan fingerprint density at radius 1 is 1.13 bits per heavy atom. The number of aromatic nitrogens is 2. The summed E-state index contributed by atoms with van der Waals surface area (Å²) in [4.78, 5) is 47.8. The highest BCUT2D eigenvalue weighted by Crippen LogP contribution is 2.36. The largest absolute Gasteiger partial charge is 0.334 e. The van der Waals surface area contributed by atoms with E-state index >= 15 is 0 Å². The quantitative estimate of drug-likeness (QED) is 0.515. The highest BCUT2D eigenvalue weighted by molar-refractivity contribution is 5.95. The number of H-pyrrole nitrogens is 1. The fraction of sp³-hybridized carbons (Fsp3) is 0.290. The number of fused-ring (bicyclic) bond motifs is 1. The Labute approximate surface area is 219 Å². The van der Waals surface area contributed by atoms with Crippen LogP contribution in [-0.2, 0) is 17.6 Å². The van der Waals surface area contributed by atoms with Crippen molar-refractivity contribution in [3.05, 3.63) is 98.9 Å². The lowest BCUT2D eigenvalue weighted by molar-refractivity contribution is -0.119. The van der Waals surface area contributed by atoms with Crippen LogP contribution in [0.1, 0.15) is 52.6 Å². The number of ketones is 1. The molecule has 1 fully saturated rings. The van der Waals surface area contributed by atoms with Crippen molar-refractivity contribution >= 4 is 23.3 Å². The Morgan fingerprint density at radius 2 is 1.92 bits per heavy atom. The minimum atomic E-state index is -0.471. The standard InChI is InChI=1S/C31H28FN3O3/c1-18-17-35(31(38)25-11-12-27(34-30(25)37)19-7-9-21(32)10-8-19)14-13-23(18)26-15-22(16-29(36)20-5-6-20)33-28-4-2-3-24(26)28/h2-3,7-13,15,18,20H,4-6,14,16-17H2,1H3,(H,34,37). The number of rotatable bonds is 6. The molecule has 0 radical (unpaired) electrons. The number of nitrogens with zero attached hydrogens (tertiary/aromatic N) is 2. The van der Waals surface area contributed by atoms with E-state index in [0.29, 0.717) is 30.8 Å². The second kappa shape index (κ2) is 9.63. The number of hydrogen-bond donors (Lipinski definition) is 1. The van der Waals surface area contributed by atoms with Gasteiger partial charge >= 0.3 is 0 Å². The van der Waals surface area contributed by atoms with Crippen LogP contribution in [0.2, 0.25) is 0 Å². The molecule has 1 unspecified atom stereocenters. The third kappa shape index (κ3) is 4.64. The maximum atomic E-state index is 13.3. The van der Waals surface area contributed by atoms with Crippen molar-refractivity contribution in [1.82, 2.24) is 14.9 Å². The molecule has 1 aromatic carbocycles. The number of nitrogens with one attached hydrogen (secondary N) is 1. The summed E-state index contributed by atoms with van der Waals surface area (Å²) in [6.45, 7) is 2.93. The first-order chi connectivity index (χ1) is 18.4. The molecule has 38 heavy (non-hydrogen) atoms. The molecule has 0 bridgehead atoms. The zero-order chi connectivity index (χ0) is 26.4. The van der Waals surface area contributed by atoms with E-state index in [1.165, 1.54) is 18.2 Å². The van der Waals surface area contributed by atoms with Crippen molar-refractivity contribution in [1.29, 1.82) is 0 Å². The van der Waals surface area contributed by atoms with E-state index in [2.05, 4.69) is 30.1 Å². The third-order valence-electron chi connectivity index (χ3n) is 7.62. The van der Waals surface area contributed by atoms with Crippen LogP contribution in [0.3, 0.4) is 0 Å². The van der Waals surface area contributed by atoms with Gasteiger partial charge in [0.25, 0.3) is 11.5 Å². The van der Waals surface area contributed by atoms with Crippen molar-refractivity contribution in [3.8, 4) is 11.3 Å². The van der Waals surface area contributed by atoms with Crippen molar-refractivity contribution in [3.63, 3.8) is 0 Å². The van der Waals surface area contributed by atoms with Gasteiger partial charge in [-0.2, -0.15) is 0 Å². The topological polar surface area (TPSA) is 83.1 Å². The number of benzene rings is 1. The molecule has 1 atom stereocenters. The van der Waals surface area contributed by atoms with E-state index in [0.717, 1.165) is 47.4 Å². The van der Waals surface area contributed by atoms with Crippen LogP contribution in [0.5, 0.6) is 0 Å². The maximum Gasteiger partial charge on any atom is 0.261 e. The molecule has 0 saturated heterocycles. The zero-order valence-corrected chi connectivity index (χ0v) is 21.2. The minimum absolute atomic E-state index is 0.0396. The van der Waals surface area contributed by atoms with Gasteiger partial charge in [0.2, 0.25) is 0 Å². The lowest BCUT2D eigenvalue weighted by atomic mass is 9.87. The molecule has 1 N–H and O–H groups in total. The van der Waals surface area contributed by atoms with Crippen molar-refractivity contribution in [2.24, 2.45) is 11.8 Å². The molecule has 7 heteroatoms. The van der Waals surface area contributed by atoms with Crippen LogP contribution in [0.25, 0.3) is 22.9 Å². The summed E-state index contributed by atoms with van der Waals surface area (Å²) in [5, 5.41) is 0. The molecular formula is C31H28FN3O3. The molecule has 2 aliphatic carbocycles. The summed E-state index contributed by atoms with van der Waals surface area (Å²) in [6, 6.07) is 11.1. The van der Waals surface area contributed by atoms with Gasteiger partial charge in [0.1, 0.15) is 17.2 Å². The second-order valence-corrected chi connectivity index (χ2v) is 10.4. The molecule has 3 aromatic rings. The number of allylic oxidation sites excluding steroid dienone is 1. The second-order valence-electron chi connectivity index (χ2n) is 10.4. The molecule has 6 rings (SSSR count). The van der Waals surface area contributed by atoms with Crippen molar-refractivity contribution in [2.45, 2.75) is 32.6 Å². The van der Waals surface area contributed by atoms with Gasteiger partial charge in [-0.15, -0.1) is 0 Å². The first-order valence-electron chi connectivity index (χ1n) is 13.1. The maximum absolute atomic E-state index is 13.3. The van der Waals surface area contributed by atoms with Crippen LogP contribution < -0.4 is 5.56 Å². The monoisotopic (exact) mass is 509 g/mol. The van der Waals surface area contributed by atoms with Crippen molar-refractivity contribution in [2.75, 3.05) is 13.1 Å². The molecule has 2 aromatic heterocycles. The lowest BCUT2D eigenvalue weighted by Crippen LogP contribution is -2.40. The van der Waals surface area contributed by atoms with Gasteiger partial charge < -0.3 is 9.88 Å². The van der Waals surface area contributed by atoms with Gasteiger partial charge in [0.15, 0.2) is 0 Å². The normalized spacial score (nSPS) is 18.3. The Bertz CT molecular complexity index is 1560. The number of pyridine rings is 2. The van der Waals surface area contributed by atoms with E-state index in [1.807, 2.05) is 6.07 Å². The first-order valence-corrected chi connectivity index (χ1v) is 13.1. The average molecular weight is 510 g/mol. The summed E-state index contributed by atoms with van der Waals surface area (Å²) >= 11 is 0. The molecule has 1 saturated carbocycles. The fourth-order valence-corrected chi connectivity index (χ4v) is 5.42. The van der Waals surface area contributed by atoms with Crippen LogP contribution in [0.15, 0.2) is 59.4 Å². The summed E-state index contributed by atoms with van der Waals surface area (Å²) in [5.74, 6) is -0.169. The smallest absolute Gasteiger partial charge is 0.261 e. The van der Waals surface area contributed by atoms with Gasteiger partial charge in [-0.1, -0.05) is 25.2 Å². The molecular weight excluding hydrogens is 481 g/mol. The summed E-state index contributed by atoms with van der Waals surface area (Å²) in [7, 11) is 0. The molecule has 0 spiro atoms. The summed E-state index contributed by atoms with van der Waals surface area (Å²) in [6.07, 6.45) is 9.35. The van der Waals surface area contributed by atoms with Gasteiger partial charge in [-0.05, 0) is 77.9 Å². The van der Waals surface area contributed by atoms with E-state index in [1.54, 1.807) is 23.1 Å². The Hall–Kier alpha value is -4.13. The molecule has 1 amide bonds. The fourth-order valence-electron chi connectivity index (χ4n) is 5.42. The highest BCUT2D eigenvalue weighted by Gasteiger charge is 2.31. The van der Waals surface area contributed by atoms with Crippen LogP contribution >= 0.6 is 0 Å². The number of Topliss-reactive ketones (excluding diaryl/α,β-unsaturated/α-hetero) is 1. The summed E-state index contributed by atoms with van der Waals surface area (Å²) < 4.78 is 13.2. The van der Waals surface area contributed by atoms with Crippen molar-refractivity contribution < 1.29 is 14.0 Å². The van der Waals surface area contributed by atoms with E-state index in [9.17, 15) is 18.8 Å². The number of amides is 1. The molecule has 192 valence electrons. The summed E-state index contributed by atoms with van der Waals surface area (Å²) in [5.41, 5.74) is 5.94. The zero-order valence-electron chi connectivity index (χ0n) is 21.2. The number of carbonyl (C=O) groups is 2. The molecule has 1 aliphatic heterocycles.